The van der Waals surface area contributed by atoms with Crippen LogP contribution in [0.5, 0.6) is 11.5 Å². The minimum atomic E-state index is -1.27. The Hall–Kier alpha value is -3.73. The van der Waals surface area contributed by atoms with Crippen molar-refractivity contribution in [1.82, 2.24) is 5.32 Å². The molecule has 1 aliphatic rings. The van der Waals surface area contributed by atoms with E-state index < -0.39 is 29.9 Å². The normalized spacial score (nSPS) is 16.8. The number of amides is 1. The number of hydrogen-bond donors (Lipinski definition) is 4. The number of phenols is 2. The summed E-state index contributed by atoms with van der Waals surface area (Å²) in [7, 11) is 0. The Balaban J connectivity index is 1.76. The van der Waals surface area contributed by atoms with Gasteiger partial charge in [0.15, 0.2) is 0 Å². The van der Waals surface area contributed by atoms with Crippen LogP contribution in [0.2, 0.25) is 0 Å². The number of aromatic carboxylic acids is 1. The Morgan fingerprint density at radius 2 is 1.88 bits per heavy atom. The number of carboxylic acids is 1. The van der Waals surface area contributed by atoms with Crippen molar-refractivity contribution in [2.24, 2.45) is 0 Å². The summed E-state index contributed by atoms with van der Waals surface area (Å²) in [4.78, 5) is 48.6. The molecule has 1 atom stereocenters. The molecule has 0 aromatic heterocycles. The molecule has 0 unspecified atom stereocenters. The molecule has 0 spiro atoms. The van der Waals surface area contributed by atoms with E-state index in [-0.39, 0.29) is 70.5 Å². The van der Waals surface area contributed by atoms with Crippen molar-refractivity contribution in [3.63, 3.8) is 0 Å². The molecule has 3 rings (SSSR count). The number of aromatic hydroxyl groups is 2. The van der Waals surface area contributed by atoms with E-state index in [9.17, 15) is 34.5 Å². The Morgan fingerprint density at radius 1 is 1.18 bits per heavy atom. The quantitative estimate of drug-likeness (QED) is 0.469. The highest BCUT2D eigenvalue weighted by molar-refractivity contribution is 7.98. The molecule has 4 N–H and O–H groups in total. The third-order valence-corrected chi connectivity index (χ3v) is 6.26. The number of rotatable bonds is 4. The average molecular weight is 490 g/mol. The van der Waals surface area contributed by atoms with Crippen LogP contribution >= 0.6 is 11.8 Å². The second-order valence-corrected chi connectivity index (χ2v) is 8.54. The molecule has 0 bridgehead atoms. The summed E-state index contributed by atoms with van der Waals surface area (Å²) in [6.45, 7) is 1.07. The standard InChI is InChI=1S/C23H23NO9S/c1-12-17(25)8-18(26)16-11-34-10-13(24-19(27)6-7-32-23(31)20(12)16)9-33-22(30)15-5-3-2-4-14(15)21(28)29/h2-5,8,13,25-26H,6-7,9-11H2,1H3,(H,24,27)(H,28,29)/t13-/m1/s1. The molecule has 11 heteroatoms. The minimum absolute atomic E-state index is 0.0410. The Morgan fingerprint density at radius 3 is 2.59 bits per heavy atom. The van der Waals surface area contributed by atoms with Gasteiger partial charge >= 0.3 is 17.9 Å². The number of carbonyl (C=O) groups is 4. The fraction of sp³-hybridized carbons (Fsp3) is 0.304. The van der Waals surface area contributed by atoms with Crippen molar-refractivity contribution in [1.29, 1.82) is 0 Å². The van der Waals surface area contributed by atoms with Gasteiger partial charge in [0.25, 0.3) is 0 Å². The molecule has 1 amide bonds. The SMILES string of the molecule is Cc1c(O)cc(O)c2c1C(=O)OCCC(=O)N[C@H](COC(=O)c1ccccc1C(=O)O)CSC2. The van der Waals surface area contributed by atoms with Crippen molar-refractivity contribution in [2.75, 3.05) is 19.0 Å². The maximum atomic E-state index is 12.5. The molecule has 34 heavy (non-hydrogen) atoms. The summed E-state index contributed by atoms with van der Waals surface area (Å²) < 4.78 is 10.4. The van der Waals surface area contributed by atoms with Crippen LogP contribution in [-0.2, 0) is 20.0 Å². The first-order valence-electron chi connectivity index (χ1n) is 10.3. The predicted octanol–water partition coefficient (Wildman–Crippen LogP) is 2.24. The molecule has 0 fully saturated rings. The van der Waals surface area contributed by atoms with Gasteiger partial charge in [-0.2, -0.15) is 11.8 Å². The first-order valence-corrected chi connectivity index (χ1v) is 11.4. The molecular formula is C23H23NO9S. The lowest BCUT2D eigenvalue weighted by Crippen LogP contribution is -2.41. The summed E-state index contributed by atoms with van der Waals surface area (Å²) in [5, 5.41) is 32.3. The number of benzene rings is 2. The summed E-state index contributed by atoms with van der Waals surface area (Å²) in [6.07, 6.45) is -0.151. The van der Waals surface area contributed by atoms with Crippen LogP contribution in [0.25, 0.3) is 0 Å². The maximum Gasteiger partial charge on any atom is 0.339 e. The summed E-state index contributed by atoms with van der Waals surface area (Å²) in [6, 6.07) is 6.16. The van der Waals surface area contributed by atoms with E-state index in [1.807, 2.05) is 0 Å². The highest BCUT2D eigenvalue weighted by Gasteiger charge is 2.25. The largest absolute Gasteiger partial charge is 0.508 e. The Kier molecular flexibility index (Phi) is 8.00. The smallest absolute Gasteiger partial charge is 0.339 e. The number of phenolic OH excluding ortho intramolecular Hbond substituents is 2. The fourth-order valence-electron chi connectivity index (χ4n) is 3.37. The van der Waals surface area contributed by atoms with Gasteiger partial charge in [0, 0.05) is 28.7 Å². The van der Waals surface area contributed by atoms with Crippen LogP contribution in [-0.4, -0.2) is 64.1 Å². The van der Waals surface area contributed by atoms with Gasteiger partial charge in [-0.3, -0.25) is 4.79 Å². The Bertz CT molecular complexity index is 1130. The van der Waals surface area contributed by atoms with E-state index in [0.29, 0.717) is 0 Å². The summed E-state index contributed by atoms with van der Waals surface area (Å²) >= 11 is 1.26. The van der Waals surface area contributed by atoms with E-state index in [2.05, 4.69) is 5.32 Å². The topological polar surface area (TPSA) is 159 Å². The van der Waals surface area contributed by atoms with Crippen LogP contribution in [0.3, 0.4) is 0 Å². The molecule has 180 valence electrons. The fourth-order valence-corrected chi connectivity index (χ4v) is 4.45. The first-order chi connectivity index (χ1) is 16.2. The highest BCUT2D eigenvalue weighted by atomic mass is 32.2. The first kappa shape index (κ1) is 24.9. The molecule has 2 aromatic carbocycles. The zero-order valence-electron chi connectivity index (χ0n) is 18.2. The van der Waals surface area contributed by atoms with Gasteiger partial charge < -0.3 is 30.1 Å². The third-order valence-electron chi connectivity index (χ3n) is 5.13. The number of ether oxygens (including phenoxy) is 2. The van der Waals surface area contributed by atoms with Crippen molar-refractivity contribution >= 4 is 35.6 Å². The van der Waals surface area contributed by atoms with Crippen LogP contribution in [0, 0.1) is 6.92 Å². The second kappa shape index (κ2) is 10.9. The van der Waals surface area contributed by atoms with Crippen molar-refractivity contribution < 1.29 is 44.0 Å². The van der Waals surface area contributed by atoms with E-state index in [4.69, 9.17) is 9.47 Å². The minimum Gasteiger partial charge on any atom is -0.508 e. The molecule has 0 saturated carbocycles. The number of cyclic esters (lactones) is 1. The highest BCUT2D eigenvalue weighted by Crippen LogP contribution is 2.35. The molecule has 10 nitrogen and oxygen atoms in total. The molecule has 2 aromatic rings. The van der Waals surface area contributed by atoms with Gasteiger partial charge in [0.2, 0.25) is 5.91 Å². The van der Waals surface area contributed by atoms with Gasteiger partial charge in [-0.1, -0.05) is 12.1 Å². The molecule has 1 heterocycles. The van der Waals surface area contributed by atoms with Crippen LogP contribution < -0.4 is 5.32 Å². The zero-order valence-corrected chi connectivity index (χ0v) is 19.0. The van der Waals surface area contributed by atoms with E-state index in [1.54, 1.807) is 0 Å². The van der Waals surface area contributed by atoms with E-state index in [1.165, 1.54) is 43.0 Å². The second-order valence-electron chi connectivity index (χ2n) is 7.51. The molecular weight excluding hydrogens is 466 g/mol. The number of carboxylic acid groups (broad SMARTS) is 1. The van der Waals surface area contributed by atoms with Gasteiger partial charge in [-0.15, -0.1) is 0 Å². The lowest BCUT2D eigenvalue weighted by molar-refractivity contribution is -0.122. The summed E-state index contributed by atoms with van der Waals surface area (Å²) in [5.41, 5.74) is 0.269. The van der Waals surface area contributed by atoms with Crippen LogP contribution in [0.15, 0.2) is 30.3 Å². The molecule has 1 aliphatic heterocycles. The number of fused-ring (bicyclic) bond motifs is 1. The average Bonchev–Trinajstić information content (AvgIpc) is 2.79. The molecule has 0 saturated heterocycles. The van der Waals surface area contributed by atoms with Gasteiger partial charge in [-0.05, 0) is 19.1 Å². The summed E-state index contributed by atoms with van der Waals surface area (Å²) in [5.74, 6) is -3.41. The van der Waals surface area contributed by atoms with Crippen molar-refractivity contribution in [3.05, 3.63) is 58.1 Å². The van der Waals surface area contributed by atoms with Gasteiger partial charge in [-0.25, -0.2) is 14.4 Å². The van der Waals surface area contributed by atoms with Gasteiger partial charge in [0.1, 0.15) is 24.7 Å². The van der Waals surface area contributed by atoms with E-state index >= 15 is 0 Å². The lowest BCUT2D eigenvalue weighted by Gasteiger charge is -2.21. The maximum absolute atomic E-state index is 12.5. The van der Waals surface area contributed by atoms with E-state index in [0.717, 1.165) is 6.07 Å². The van der Waals surface area contributed by atoms with Gasteiger partial charge in [0.05, 0.1) is 29.2 Å². The number of carbonyl (C=O) groups excluding carboxylic acids is 3. The molecule has 0 aliphatic carbocycles. The number of nitrogens with one attached hydrogen (secondary N) is 1. The predicted molar refractivity (Wildman–Crippen MR) is 121 cm³/mol. The lowest BCUT2D eigenvalue weighted by atomic mass is 10.0. The van der Waals surface area contributed by atoms with Crippen molar-refractivity contribution in [3.8, 4) is 11.5 Å². The monoisotopic (exact) mass is 489 g/mol. The van der Waals surface area contributed by atoms with Crippen LogP contribution in [0.4, 0.5) is 0 Å². The van der Waals surface area contributed by atoms with Crippen LogP contribution in [0.1, 0.15) is 48.6 Å². The van der Waals surface area contributed by atoms with Crippen molar-refractivity contribution in [2.45, 2.75) is 25.1 Å². The number of hydrogen-bond acceptors (Lipinski definition) is 9. The number of thioether (sulfide) groups is 1. The zero-order chi connectivity index (χ0) is 24.8. The third kappa shape index (κ3) is 5.79. The molecule has 0 radical (unpaired) electrons. The Labute approximate surface area is 198 Å². The number of esters is 2.